The van der Waals surface area contributed by atoms with Crippen LogP contribution in [0, 0.1) is 0 Å². The maximum Gasteiger partial charge on any atom is 0.257 e. The highest BCUT2D eigenvalue weighted by molar-refractivity contribution is 6.05. The van der Waals surface area contributed by atoms with Gasteiger partial charge in [0.15, 0.2) is 0 Å². The molecule has 0 unspecified atom stereocenters. The van der Waals surface area contributed by atoms with Crippen LogP contribution in [0.1, 0.15) is 35.7 Å². The summed E-state index contributed by atoms with van der Waals surface area (Å²) in [4.78, 5) is 21.6. The molecule has 1 aliphatic heterocycles. The average molecular weight is 338 g/mol. The number of nitrogens with one attached hydrogen (secondary N) is 1. The molecule has 1 aliphatic rings. The fraction of sp³-hybridized carbons (Fsp3) is 0.400. The Kier molecular flexibility index (Phi) is 5.34. The van der Waals surface area contributed by atoms with Gasteiger partial charge in [-0.05, 0) is 30.7 Å². The molecule has 0 saturated carbocycles. The molecule has 0 aliphatic carbocycles. The van der Waals surface area contributed by atoms with Gasteiger partial charge < -0.3 is 15.1 Å². The van der Waals surface area contributed by atoms with Crippen LogP contribution in [0.2, 0.25) is 0 Å². The van der Waals surface area contributed by atoms with E-state index in [1.54, 1.807) is 6.20 Å². The highest BCUT2D eigenvalue weighted by Gasteiger charge is 2.17. The molecule has 2 heterocycles. The van der Waals surface area contributed by atoms with Crippen molar-refractivity contribution < 1.29 is 4.79 Å². The van der Waals surface area contributed by atoms with Crippen molar-refractivity contribution in [3.63, 3.8) is 0 Å². The van der Waals surface area contributed by atoms with Crippen molar-refractivity contribution in [3.05, 3.63) is 53.9 Å². The molecule has 0 bridgehead atoms. The normalized spacial score (nSPS) is 15.4. The number of amides is 1. The zero-order valence-corrected chi connectivity index (χ0v) is 15.2. The van der Waals surface area contributed by atoms with E-state index in [1.165, 1.54) is 0 Å². The van der Waals surface area contributed by atoms with Crippen LogP contribution < -0.4 is 10.2 Å². The Labute approximate surface area is 149 Å². The molecule has 5 nitrogen and oxygen atoms in total. The first-order valence-electron chi connectivity index (χ1n) is 8.83. The Bertz CT molecular complexity index is 736. The molecule has 1 N–H and O–H groups in total. The molecule has 25 heavy (non-hydrogen) atoms. The van der Waals surface area contributed by atoms with Crippen molar-refractivity contribution in [3.8, 4) is 0 Å². The predicted molar refractivity (Wildman–Crippen MR) is 102 cm³/mol. The lowest BCUT2D eigenvalue weighted by Crippen LogP contribution is -2.44. The third-order valence-corrected chi connectivity index (χ3v) is 4.69. The van der Waals surface area contributed by atoms with Gasteiger partial charge in [0, 0.05) is 38.1 Å². The van der Waals surface area contributed by atoms with Crippen molar-refractivity contribution in [1.82, 2.24) is 9.88 Å². The molecule has 1 aromatic carbocycles. The van der Waals surface area contributed by atoms with Gasteiger partial charge in [0.05, 0.1) is 17.4 Å². The predicted octanol–water partition coefficient (Wildman–Crippen LogP) is 3.21. The Morgan fingerprint density at radius 2 is 1.84 bits per heavy atom. The van der Waals surface area contributed by atoms with Crippen LogP contribution in [-0.4, -0.2) is 49.0 Å². The Morgan fingerprint density at radius 1 is 1.12 bits per heavy atom. The number of likely N-dealkylation sites (N-methyl/N-ethyl adjacent to an activating group) is 1. The molecule has 3 rings (SSSR count). The first kappa shape index (κ1) is 17.4. The number of anilines is 2. The van der Waals surface area contributed by atoms with Gasteiger partial charge in [0.2, 0.25) is 0 Å². The number of aromatic nitrogens is 1. The number of carbonyl (C=O) groups excluding carboxylic acids is 1. The number of rotatable bonds is 4. The fourth-order valence-corrected chi connectivity index (χ4v) is 3.10. The van der Waals surface area contributed by atoms with E-state index in [1.807, 2.05) is 30.5 Å². The van der Waals surface area contributed by atoms with Gasteiger partial charge in [-0.2, -0.15) is 0 Å². The zero-order chi connectivity index (χ0) is 17.8. The molecule has 132 valence electrons. The molecule has 0 atom stereocenters. The summed E-state index contributed by atoms with van der Waals surface area (Å²) in [5, 5.41) is 3.04. The van der Waals surface area contributed by atoms with Crippen molar-refractivity contribution in [2.24, 2.45) is 0 Å². The van der Waals surface area contributed by atoms with E-state index in [0.717, 1.165) is 43.1 Å². The monoisotopic (exact) mass is 338 g/mol. The fourth-order valence-electron chi connectivity index (χ4n) is 3.10. The highest BCUT2D eigenvalue weighted by atomic mass is 16.1. The topological polar surface area (TPSA) is 48.5 Å². The van der Waals surface area contributed by atoms with E-state index in [4.69, 9.17) is 0 Å². The maximum absolute atomic E-state index is 12.7. The van der Waals surface area contributed by atoms with Crippen LogP contribution in [-0.2, 0) is 0 Å². The third kappa shape index (κ3) is 4.17. The Hall–Kier alpha value is -2.40. The summed E-state index contributed by atoms with van der Waals surface area (Å²) in [6, 6.07) is 9.89. The molecule has 2 aromatic rings. The number of nitrogens with zero attached hydrogens (tertiary/aromatic N) is 3. The van der Waals surface area contributed by atoms with Crippen LogP contribution in [0.25, 0.3) is 0 Å². The second-order valence-electron chi connectivity index (χ2n) is 6.92. The standard InChI is InChI=1S/C20H26N4O/c1-15(2)18-6-4-5-7-19(18)22-20(25)16-12-17(14-21-13-16)24-10-8-23(3)9-11-24/h4-7,12-15H,8-11H2,1-3H3,(H,22,25). The van der Waals surface area contributed by atoms with E-state index >= 15 is 0 Å². The van der Waals surface area contributed by atoms with Crippen LogP contribution in [0.4, 0.5) is 11.4 Å². The van der Waals surface area contributed by atoms with Gasteiger partial charge in [-0.15, -0.1) is 0 Å². The summed E-state index contributed by atoms with van der Waals surface area (Å²) in [5.74, 6) is 0.239. The van der Waals surface area contributed by atoms with Gasteiger partial charge in [0.25, 0.3) is 5.91 Å². The van der Waals surface area contributed by atoms with E-state index < -0.39 is 0 Å². The van der Waals surface area contributed by atoms with E-state index in [2.05, 4.69) is 47.1 Å². The van der Waals surface area contributed by atoms with Gasteiger partial charge in [-0.3, -0.25) is 9.78 Å². The minimum Gasteiger partial charge on any atom is -0.368 e. The maximum atomic E-state index is 12.7. The van der Waals surface area contributed by atoms with Crippen LogP contribution >= 0.6 is 0 Å². The summed E-state index contributed by atoms with van der Waals surface area (Å²) in [5.41, 5.74) is 3.61. The number of pyridine rings is 1. The second kappa shape index (κ2) is 7.66. The molecule has 1 fully saturated rings. The first-order valence-corrected chi connectivity index (χ1v) is 8.83. The van der Waals surface area contributed by atoms with Gasteiger partial charge in [-0.25, -0.2) is 0 Å². The number of piperazine rings is 1. The SMILES string of the molecule is CC(C)c1ccccc1NC(=O)c1cncc(N2CCN(C)CC2)c1. The lowest BCUT2D eigenvalue weighted by molar-refractivity contribution is 0.102. The van der Waals surface area contributed by atoms with Crippen molar-refractivity contribution in [2.45, 2.75) is 19.8 Å². The third-order valence-electron chi connectivity index (χ3n) is 4.69. The van der Waals surface area contributed by atoms with E-state index in [9.17, 15) is 4.79 Å². The smallest absolute Gasteiger partial charge is 0.257 e. The Morgan fingerprint density at radius 3 is 2.56 bits per heavy atom. The number of para-hydroxylation sites is 1. The molecule has 1 amide bonds. The molecule has 0 radical (unpaired) electrons. The van der Waals surface area contributed by atoms with Crippen molar-refractivity contribution >= 4 is 17.3 Å². The molecule has 1 aromatic heterocycles. The second-order valence-corrected chi connectivity index (χ2v) is 6.92. The highest BCUT2D eigenvalue weighted by Crippen LogP contribution is 2.24. The van der Waals surface area contributed by atoms with Gasteiger partial charge in [-0.1, -0.05) is 32.0 Å². The minimum atomic E-state index is -0.114. The van der Waals surface area contributed by atoms with Gasteiger partial charge >= 0.3 is 0 Å². The lowest BCUT2D eigenvalue weighted by atomic mass is 10.0. The number of hydrogen-bond acceptors (Lipinski definition) is 4. The first-order chi connectivity index (χ1) is 12.0. The Balaban J connectivity index is 1.76. The van der Waals surface area contributed by atoms with Crippen molar-refractivity contribution in [1.29, 1.82) is 0 Å². The van der Waals surface area contributed by atoms with E-state index in [0.29, 0.717) is 11.5 Å². The summed E-state index contributed by atoms with van der Waals surface area (Å²) < 4.78 is 0. The number of carbonyl (C=O) groups is 1. The number of benzene rings is 1. The summed E-state index contributed by atoms with van der Waals surface area (Å²) in [7, 11) is 2.13. The number of hydrogen-bond donors (Lipinski definition) is 1. The van der Waals surface area contributed by atoms with Gasteiger partial charge in [0.1, 0.15) is 0 Å². The molecule has 5 heteroatoms. The summed E-state index contributed by atoms with van der Waals surface area (Å²) >= 11 is 0. The average Bonchev–Trinajstić information content (AvgIpc) is 2.62. The largest absolute Gasteiger partial charge is 0.368 e. The minimum absolute atomic E-state index is 0.114. The molecule has 1 saturated heterocycles. The summed E-state index contributed by atoms with van der Waals surface area (Å²) in [6.45, 7) is 8.22. The molecular formula is C20H26N4O. The van der Waals surface area contributed by atoms with Crippen molar-refractivity contribution in [2.75, 3.05) is 43.4 Å². The van der Waals surface area contributed by atoms with Crippen LogP contribution in [0.15, 0.2) is 42.7 Å². The van der Waals surface area contributed by atoms with E-state index in [-0.39, 0.29) is 5.91 Å². The molecular weight excluding hydrogens is 312 g/mol. The summed E-state index contributed by atoms with van der Waals surface area (Å²) in [6.07, 6.45) is 3.47. The van der Waals surface area contributed by atoms with Crippen LogP contribution in [0.5, 0.6) is 0 Å². The van der Waals surface area contributed by atoms with Crippen LogP contribution in [0.3, 0.4) is 0 Å². The lowest BCUT2D eigenvalue weighted by Gasteiger charge is -2.33. The quantitative estimate of drug-likeness (QED) is 0.930. The zero-order valence-electron chi connectivity index (χ0n) is 15.2. The molecule has 0 spiro atoms.